The van der Waals surface area contributed by atoms with Crippen molar-refractivity contribution in [3.05, 3.63) is 29.3 Å². The largest absolute Gasteiger partial charge is 0.352 e. The number of carbonyl (C=O) groups is 2. The Labute approximate surface area is 123 Å². The zero-order valence-electron chi connectivity index (χ0n) is 11.3. The van der Waals surface area contributed by atoms with Crippen molar-refractivity contribution >= 4 is 29.1 Å². The number of benzene rings is 1. The van der Waals surface area contributed by atoms with Gasteiger partial charge in [-0.1, -0.05) is 0 Å². The van der Waals surface area contributed by atoms with E-state index >= 15 is 0 Å². The van der Waals surface area contributed by atoms with E-state index in [-0.39, 0.29) is 17.7 Å². The normalized spacial score (nSPS) is 9.65. The van der Waals surface area contributed by atoms with E-state index in [1.807, 2.05) is 6.92 Å². The number of hydrogen-bond acceptors (Lipinski definition) is 2. The zero-order valence-corrected chi connectivity index (χ0v) is 12.1. The predicted octanol–water partition coefficient (Wildman–Crippen LogP) is 2.32. The number of carbonyl (C=O) groups excluding carboxylic acids is 2. The van der Waals surface area contributed by atoms with Crippen LogP contribution in [0.1, 0.15) is 28.8 Å². The Kier molecular flexibility index (Phi) is 6.61. The molecule has 2 N–H and O–H groups in total. The van der Waals surface area contributed by atoms with Crippen LogP contribution in [0.3, 0.4) is 0 Å². The van der Waals surface area contributed by atoms with Gasteiger partial charge in [0.25, 0.3) is 5.91 Å². The highest BCUT2D eigenvalue weighted by Gasteiger charge is 2.08. The van der Waals surface area contributed by atoms with Crippen molar-refractivity contribution < 1.29 is 9.59 Å². The second-order valence-electron chi connectivity index (χ2n) is 4.33. The third-order valence-electron chi connectivity index (χ3n) is 2.53. The van der Waals surface area contributed by atoms with Crippen molar-refractivity contribution in [3.8, 4) is 12.3 Å². The molecule has 0 spiro atoms. The summed E-state index contributed by atoms with van der Waals surface area (Å²) in [6, 6.07) is 5.15. The van der Waals surface area contributed by atoms with Gasteiger partial charge < -0.3 is 10.6 Å². The second-order valence-corrected chi connectivity index (χ2v) is 4.60. The second kappa shape index (κ2) is 8.23. The van der Waals surface area contributed by atoms with E-state index in [1.54, 1.807) is 18.2 Å². The number of terminal acetylenes is 1. The number of unbranched alkanes of at least 4 members (excludes halogenated alkanes) is 1. The van der Waals surface area contributed by atoms with E-state index in [0.717, 1.165) is 12.0 Å². The van der Waals surface area contributed by atoms with Gasteiger partial charge in [-0.3, -0.25) is 9.59 Å². The van der Waals surface area contributed by atoms with E-state index < -0.39 is 0 Å². The maximum atomic E-state index is 12.0. The van der Waals surface area contributed by atoms with Crippen molar-refractivity contribution in [2.24, 2.45) is 0 Å². The molecular weight excluding hydrogens is 276 g/mol. The van der Waals surface area contributed by atoms with Crippen molar-refractivity contribution in [3.63, 3.8) is 0 Å². The average Bonchev–Trinajstić information content (AvgIpc) is 2.42. The van der Waals surface area contributed by atoms with E-state index in [4.69, 9.17) is 18.0 Å². The molecule has 0 aliphatic carbocycles. The lowest BCUT2D eigenvalue weighted by molar-refractivity contribution is -0.113. The highest BCUT2D eigenvalue weighted by Crippen LogP contribution is 2.14. The van der Waals surface area contributed by atoms with Gasteiger partial charge in [-0.05, 0) is 37.1 Å². The molecule has 0 aliphatic rings. The van der Waals surface area contributed by atoms with Gasteiger partial charge in [0.15, 0.2) is 0 Å². The lowest BCUT2D eigenvalue weighted by Crippen LogP contribution is -2.24. The highest BCUT2D eigenvalue weighted by molar-refractivity contribution is 6.29. The Morgan fingerprint density at radius 3 is 2.75 bits per heavy atom. The number of hydrogen-bond donors (Lipinski definition) is 2. The zero-order chi connectivity index (χ0) is 15.0. The van der Waals surface area contributed by atoms with Gasteiger partial charge in [-0.25, -0.2) is 0 Å². The summed E-state index contributed by atoms with van der Waals surface area (Å²) < 4.78 is 0. The number of nitrogens with one attached hydrogen (secondary N) is 2. The summed E-state index contributed by atoms with van der Waals surface area (Å²) in [6.07, 6.45) is 6.51. The predicted molar refractivity (Wildman–Crippen MR) is 80.9 cm³/mol. The van der Waals surface area contributed by atoms with Crippen LogP contribution in [-0.4, -0.2) is 24.2 Å². The van der Waals surface area contributed by atoms with Gasteiger partial charge in [0, 0.05) is 24.2 Å². The molecule has 2 amide bonds. The van der Waals surface area contributed by atoms with Crippen LogP contribution in [0, 0.1) is 19.3 Å². The van der Waals surface area contributed by atoms with Crippen LogP contribution < -0.4 is 10.6 Å². The molecule has 0 radical (unpaired) electrons. The summed E-state index contributed by atoms with van der Waals surface area (Å²) in [5.74, 6) is 1.90. The monoisotopic (exact) mass is 292 g/mol. The maximum absolute atomic E-state index is 12.0. The first-order valence-electron chi connectivity index (χ1n) is 6.26. The smallest absolute Gasteiger partial charge is 0.251 e. The molecule has 0 bridgehead atoms. The van der Waals surface area contributed by atoms with Crippen molar-refractivity contribution in [2.75, 3.05) is 17.7 Å². The van der Waals surface area contributed by atoms with Crippen molar-refractivity contribution in [2.45, 2.75) is 19.8 Å². The quantitative estimate of drug-likeness (QED) is 0.480. The number of anilines is 1. The molecule has 0 heterocycles. The summed E-state index contributed by atoms with van der Waals surface area (Å²) in [5, 5.41) is 5.41. The van der Waals surface area contributed by atoms with Gasteiger partial charge in [-0.15, -0.1) is 23.9 Å². The van der Waals surface area contributed by atoms with E-state index in [1.165, 1.54) is 0 Å². The first-order valence-corrected chi connectivity index (χ1v) is 6.79. The fourth-order valence-electron chi connectivity index (χ4n) is 1.68. The van der Waals surface area contributed by atoms with Gasteiger partial charge in [0.1, 0.15) is 5.88 Å². The summed E-state index contributed by atoms with van der Waals surface area (Å²) >= 11 is 5.43. The third-order valence-corrected chi connectivity index (χ3v) is 2.77. The van der Waals surface area contributed by atoms with E-state index in [2.05, 4.69) is 16.6 Å². The Balaban J connectivity index is 2.72. The summed E-state index contributed by atoms with van der Waals surface area (Å²) in [5.41, 5.74) is 1.94. The SMILES string of the molecule is C#CCCCNC(=O)c1cc(C)cc(NC(=O)CCl)c1. The molecule has 0 saturated heterocycles. The van der Waals surface area contributed by atoms with Crippen LogP contribution in [-0.2, 0) is 4.79 Å². The number of halogens is 1. The van der Waals surface area contributed by atoms with Gasteiger partial charge in [0.2, 0.25) is 5.91 Å². The molecule has 0 unspecified atom stereocenters. The van der Waals surface area contributed by atoms with Gasteiger partial charge in [0.05, 0.1) is 0 Å². The molecule has 20 heavy (non-hydrogen) atoms. The van der Waals surface area contributed by atoms with Gasteiger partial charge in [-0.2, -0.15) is 0 Å². The molecule has 1 aromatic rings. The average molecular weight is 293 g/mol. The standard InChI is InChI=1S/C15H17ClN2O2/c1-3-4-5-6-17-15(20)12-7-11(2)8-13(9-12)18-14(19)10-16/h1,7-9H,4-6,10H2,2H3,(H,17,20)(H,18,19). The number of aryl methyl sites for hydroxylation is 1. The lowest BCUT2D eigenvalue weighted by atomic mass is 10.1. The molecule has 1 rings (SSSR count). The minimum Gasteiger partial charge on any atom is -0.352 e. The summed E-state index contributed by atoms with van der Waals surface area (Å²) in [4.78, 5) is 23.2. The molecule has 0 fully saturated rings. The first kappa shape index (κ1) is 16.1. The molecule has 0 atom stereocenters. The van der Waals surface area contributed by atoms with Crippen LogP contribution in [0.5, 0.6) is 0 Å². The Hall–Kier alpha value is -1.99. The van der Waals surface area contributed by atoms with Crippen LogP contribution >= 0.6 is 11.6 Å². The van der Waals surface area contributed by atoms with Crippen molar-refractivity contribution in [1.82, 2.24) is 5.32 Å². The van der Waals surface area contributed by atoms with Crippen LogP contribution in [0.4, 0.5) is 5.69 Å². The number of amides is 2. The third kappa shape index (κ3) is 5.33. The molecule has 1 aromatic carbocycles. The Morgan fingerprint density at radius 2 is 2.10 bits per heavy atom. The summed E-state index contributed by atoms with van der Waals surface area (Å²) in [6.45, 7) is 2.38. The lowest BCUT2D eigenvalue weighted by Gasteiger charge is -2.09. The topological polar surface area (TPSA) is 58.2 Å². The van der Waals surface area contributed by atoms with Crippen molar-refractivity contribution in [1.29, 1.82) is 0 Å². The molecular formula is C15H17ClN2O2. The maximum Gasteiger partial charge on any atom is 0.251 e. The fourth-order valence-corrected chi connectivity index (χ4v) is 1.74. The van der Waals surface area contributed by atoms with Gasteiger partial charge >= 0.3 is 0 Å². The minimum absolute atomic E-state index is 0.123. The number of alkyl halides is 1. The summed E-state index contributed by atoms with van der Waals surface area (Å²) in [7, 11) is 0. The van der Waals surface area contributed by atoms with Crippen LogP contribution in [0.25, 0.3) is 0 Å². The molecule has 0 aliphatic heterocycles. The van der Waals surface area contributed by atoms with Crippen LogP contribution in [0.15, 0.2) is 18.2 Å². The highest BCUT2D eigenvalue weighted by atomic mass is 35.5. The Bertz CT molecular complexity index is 535. The molecule has 0 aromatic heterocycles. The Morgan fingerprint density at radius 1 is 1.35 bits per heavy atom. The molecule has 4 nitrogen and oxygen atoms in total. The molecule has 0 saturated carbocycles. The molecule has 106 valence electrons. The minimum atomic E-state index is -0.308. The van der Waals surface area contributed by atoms with E-state index in [0.29, 0.717) is 24.2 Å². The van der Waals surface area contributed by atoms with E-state index in [9.17, 15) is 9.59 Å². The fraction of sp³-hybridized carbons (Fsp3) is 0.333. The van der Waals surface area contributed by atoms with Crippen LogP contribution in [0.2, 0.25) is 0 Å². The number of rotatable bonds is 6. The first-order chi connectivity index (χ1) is 9.56. The molecule has 5 heteroatoms.